The predicted octanol–water partition coefficient (Wildman–Crippen LogP) is 3.29. The van der Waals surface area contributed by atoms with Crippen molar-refractivity contribution in [3.05, 3.63) is 34.2 Å². The second-order valence-electron chi connectivity index (χ2n) is 2.29. The highest BCUT2D eigenvalue weighted by atomic mass is 79.9. The number of nitrogens with zero attached hydrogens (tertiary/aromatic N) is 1. The summed E-state index contributed by atoms with van der Waals surface area (Å²) in [6.45, 7) is 1.90. The van der Waals surface area contributed by atoms with Crippen molar-refractivity contribution in [2.75, 3.05) is 0 Å². The molecule has 0 saturated heterocycles. The van der Waals surface area contributed by atoms with Crippen LogP contribution in [0.3, 0.4) is 0 Å². The Morgan fingerprint density at radius 3 is 2.82 bits per heavy atom. The van der Waals surface area contributed by atoms with Crippen LogP contribution in [0.1, 0.15) is 11.1 Å². The Kier molecular flexibility index (Phi) is 2.76. The van der Waals surface area contributed by atoms with Crippen LogP contribution in [0.15, 0.2) is 23.4 Å². The summed E-state index contributed by atoms with van der Waals surface area (Å²) < 4.78 is 0. The van der Waals surface area contributed by atoms with E-state index in [1.54, 1.807) is 6.07 Å². The summed E-state index contributed by atoms with van der Waals surface area (Å²) in [5.41, 5.74) is 2.60. The molecule has 0 aliphatic rings. The fraction of sp³-hybridized carbons (Fsp3) is 0.250. The van der Waals surface area contributed by atoms with Crippen LogP contribution in [0.5, 0.6) is 0 Å². The first-order valence-corrected chi connectivity index (χ1v) is 4.39. The van der Waals surface area contributed by atoms with Crippen LogP contribution in [-0.4, -0.2) is 0 Å². The van der Waals surface area contributed by atoms with Crippen molar-refractivity contribution in [3.8, 4) is 0 Å². The molecule has 2 nitrogen and oxygen atoms in total. The zero-order chi connectivity index (χ0) is 8.27. The topological polar surface area (TPSA) is 29.4 Å². The molecule has 0 aliphatic carbocycles. The maximum Gasteiger partial charge on any atom is 0.111 e. The van der Waals surface area contributed by atoms with Crippen molar-refractivity contribution in [1.29, 1.82) is 0 Å². The number of nitroso groups, excluding NO2 is 1. The van der Waals surface area contributed by atoms with Gasteiger partial charge in [-0.3, -0.25) is 0 Å². The third-order valence-corrected chi connectivity index (χ3v) is 2.26. The Morgan fingerprint density at radius 1 is 1.55 bits per heavy atom. The fourth-order valence-electron chi connectivity index (χ4n) is 0.914. The number of alkyl halides is 1. The van der Waals surface area contributed by atoms with E-state index in [0.717, 1.165) is 16.5 Å². The third-order valence-electron chi connectivity index (χ3n) is 1.66. The van der Waals surface area contributed by atoms with Gasteiger partial charge in [-0.2, -0.15) is 0 Å². The highest BCUT2D eigenvalue weighted by Gasteiger charge is 2.01. The first-order chi connectivity index (χ1) is 5.29. The first kappa shape index (κ1) is 8.40. The quantitative estimate of drug-likeness (QED) is 0.548. The number of hydrogen-bond donors (Lipinski definition) is 0. The van der Waals surface area contributed by atoms with Gasteiger partial charge in [0.05, 0.1) is 0 Å². The van der Waals surface area contributed by atoms with Crippen molar-refractivity contribution in [3.63, 3.8) is 0 Å². The van der Waals surface area contributed by atoms with Crippen molar-refractivity contribution >= 4 is 21.6 Å². The van der Waals surface area contributed by atoms with Gasteiger partial charge in [0.25, 0.3) is 0 Å². The summed E-state index contributed by atoms with van der Waals surface area (Å²) in [4.78, 5) is 10.2. The highest BCUT2D eigenvalue weighted by molar-refractivity contribution is 9.08. The Morgan fingerprint density at radius 2 is 2.27 bits per heavy atom. The minimum absolute atomic E-state index is 0.530. The minimum Gasteiger partial charge on any atom is -0.145 e. The number of hydrogen-bond acceptors (Lipinski definition) is 2. The highest BCUT2D eigenvalue weighted by Crippen LogP contribution is 2.22. The van der Waals surface area contributed by atoms with Crippen molar-refractivity contribution in [1.82, 2.24) is 0 Å². The van der Waals surface area contributed by atoms with Crippen LogP contribution < -0.4 is 0 Å². The van der Waals surface area contributed by atoms with Crippen LogP contribution in [0.25, 0.3) is 0 Å². The Labute approximate surface area is 73.7 Å². The molecule has 3 heteroatoms. The Bertz CT molecular complexity index is 273. The molecule has 58 valence electrons. The molecule has 0 heterocycles. The van der Waals surface area contributed by atoms with Crippen LogP contribution >= 0.6 is 15.9 Å². The standard InChI is InChI=1S/C8H8BrNO/c1-6-7(5-9)3-2-4-8(6)10-11/h2-4H,5H2,1H3. The monoisotopic (exact) mass is 213 g/mol. The van der Waals surface area contributed by atoms with Crippen LogP contribution in [0, 0.1) is 11.8 Å². The van der Waals surface area contributed by atoms with Crippen molar-refractivity contribution in [2.24, 2.45) is 5.18 Å². The van der Waals surface area contributed by atoms with E-state index in [4.69, 9.17) is 0 Å². The fourth-order valence-corrected chi connectivity index (χ4v) is 1.52. The lowest BCUT2D eigenvalue weighted by Gasteiger charge is -2.01. The molecule has 0 amide bonds. The molecule has 0 fully saturated rings. The molecule has 0 bridgehead atoms. The van der Waals surface area contributed by atoms with Gasteiger partial charge >= 0.3 is 0 Å². The van der Waals surface area contributed by atoms with Gasteiger partial charge in [-0.05, 0) is 29.3 Å². The minimum atomic E-state index is 0.530. The average Bonchev–Trinajstić information content (AvgIpc) is 2.05. The summed E-state index contributed by atoms with van der Waals surface area (Å²) in [6.07, 6.45) is 0. The Balaban J connectivity index is 3.20. The summed E-state index contributed by atoms with van der Waals surface area (Å²) in [6, 6.07) is 5.52. The van der Waals surface area contributed by atoms with Gasteiger partial charge in [0.2, 0.25) is 0 Å². The van der Waals surface area contributed by atoms with Gasteiger partial charge in [0.15, 0.2) is 0 Å². The molecule has 0 radical (unpaired) electrons. The molecule has 1 aromatic carbocycles. The number of rotatable bonds is 2. The molecule has 0 saturated carbocycles. The molecule has 0 N–H and O–H groups in total. The molecule has 1 aromatic rings. The van der Waals surface area contributed by atoms with Crippen LogP contribution in [0.4, 0.5) is 5.69 Å². The predicted molar refractivity (Wildman–Crippen MR) is 49.3 cm³/mol. The largest absolute Gasteiger partial charge is 0.145 e. The van der Waals surface area contributed by atoms with Gasteiger partial charge < -0.3 is 0 Å². The molecule has 11 heavy (non-hydrogen) atoms. The van der Waals surface area contributed by atoms with E-state index in [1.165, 1.54) is 0 Å². The second-order valence-corrected chi connectivity index (χ2v) is 2.85. The van der Waals surface area contributed by atoms with Crippen molar-refractivity contribution < 1.29 is 0 Å². The maximum atomic E-state index is 10.2. The molecule has 0 atom stereocenters. The van der Waals surface area contributed by atoms with E-state index in [9.17, 15) is 4.91 Å². The average molecular weight is 214 g/mol. The molecule has 0 aromatic heterocycles. The van der Waals surface area contributed by atoms with E-state index in [2.05, 4.69) is 21.1 Å². The van der Waals surface area contributed by atoms with E-state index < -0.39 is 0 Å². The molecular formula is C8H8BrNO. The number of benzene rings is 1. The van der Waals surface area contributed by atoms with E-state index in [-0.39, 0.29) is 0 Å². The summed E-state index contributed by atoms with van der Waals surface area (Å²) in [5, 5.41) is 3.67. The van der Waals surface area contributed by atoms with Gasteiger partial charge in [-0.15, -0.1) is 4.91 Å². The van der Waals surface area contributed by atoms with E-state index in [1.807, 2.05) is 19.1 Å². The molecule has 0 aliphatic heterocycles. The van der Waals surface area contributed by atoms with E-state index in [0.29, 0.717) is 5.69 Å². The molecular weight excluding hydrogens is 206 g/mol. The summed E-state index contributed by atoms with van der Waals surface area (Å²) in [5.74, 6) is 0. The summed E-state index contributed by atoms with van der Waals surface area (Å²) in [7, 11) is 0. The lowest BCUT2D eigenvalue weighted by atomic mass is 10.1. The van der Waals surface area contributed by atoms with E-state index >= 15 is 0 Å². The normalized spacial score (nSPS) is 9.64. The van der Waals surface area contributed by atoms with Gasteiger partial charge in [0.1, 0.15) is 5.69 Å². The molecule has 1 rings (SSSR count). The lowest BCUT2D eigenvalue weighted by molar-refractivity contribution is 1.29. The van der Waals surface area contributed by atoms with Crippen molar-refractivity contribution in [2.45, 2.75) is 12.3 Å². The molecule has 0 spiro atoms. The van der Waals surface area contributed by atoms with Gasteiger partial charge in [0, 0.05) is 5.33 Å². The second kappa shape index (κ2) is 3.62. The lowest BCUT2D eigenvalue weighted by Crippen LogP contribution is -1.83. The number of halogens is 1. The smallest absolute Gasteiger partial charge is 0.111 e. The zero-order valence-corrected chi connectivity index (χ0v) is 7.76. The van der Waals surface area contributed by atoms with Crippen LogP contribution in [0.2, 0.25) is 0 Å². The zero-order valence-electron chi connectivity index (χ0n) is 6.17. The van der Waals surface area contributed by atoms with Gasteiger partial charge in [-0.25, -0.2) is 0 Å². The Hall–Kier alpha value is -0.700. The van der Waals surface area contributed by atoms with Gasteiger partial charge in [-0.1, -0.05) is 28.1 Å². The SMILES string of the molecule is Cc1c(CBr)cccc1N=O. The summed E-state index contributed by atoms with van der Waals surface area (Å²) >= 11 is 3.33. The molecule has 0 unspecified atom stereocenters. The van der Waals surface area contributed by atoms with Crippen LogP contribution in [-0.2, 0) is 5.33 Å². The third kappa shape index (κ3) is 1.66. The first-order valence-electron chi connectivity index (χ1n) is 3.27. The maximum absolute atomic E-state index is 10.2.